The number of amides is 1. The van der Waals surface area contributed by atoms with Crippen molar-refractivity contribution < 1.29 is 19.4 Å². The summed E-state index contributed by atoms with van der Waals surface area (Å²) in [6, 6.07) is 5.16. The van der Waals surface area contributed by atoms with E-state index in [-0.39, 0.29) is 24.2 Å². The van der Waals surface area contributed by atoms with Crippen LogP contribution in [0.2, 0.25) is 5.02 Å². The molecule has 0 unspecified atom stereocenters. The lowest BCUT2D eigenvalue weighted by Crippen LogP contribution is -2.34. The highest BCUT2D eigenvalue weighted by molar-refractivity contribution is 6.32. The minimum Gasteiger partial charge on any atom is -0.492 e. The van der Waals surface area contributed by atoms with E-state index in [1.807, 2.05) is 6.07 Å². The third-order valence-electron chi connectivity index (χ3n) is 3.42. The fourth-order valence-corrected chi connectivity index (χ4v) is 2.63. The summed E-state index contributed by atoms with van der Waals surface area (Å²) in [7, 11) is 0. The second kappa shape index (κ2) is 6.25. The zero-order valence-corrected chi connectivity index (χ0v) is 12.7. The molecule has 120 valence electrons. The molecule has 3 rings (SSSR count). The van der Waals surface area contributed by atoms with Gasteiger partial charge < -0.3 is 15.2 Å². The number of carbonyl (C=O) groups excluding carboxylic acids is 1. The Morgan fingerprint density at radius 3 is 3.04 bits per heavy atom. The second-order valence-corrected chi connectivity index (χ2v) is 5.43. The van der Waals surface area contributed by atoms with Gasteiger partial charge in [-0.05, 0) is 6.07 Å². The van der Waals surface area contributed by atoms with Gasteiger partial charge in [-0.15, -0.1) is 5.10 Å². The Balaban J connectivity index is 1.69. The van der Waals surface area contributed by atoms with Crippen LogP contribution in [0.4, 0.5) is 0 Å². The zero-order valence-electron chi connectivity index (χ0n) is 11.9. The standard InChI is InChI=1S/C14H13ClN4O4/c15-9-3-1-2-8-10(4-5-23-13(8)9)16-12(20)7-19-6-11(14(21)22)17-18-19/h1-3,6,10H,4-5,7H2,(H,16,20)(H,21,22)/t10-/m1/s1. The molecule has 8 nitrogen and oxygen atoms in total. The fourth-order valence-electron chi connectivity index (χ4n) is 2.40. The molecule has 0 aliphatic carbocycles. The number of rotatable bonds is 4. The van der Waals surface area contributed by atoms with Crippen molar-refractivity contribution in [2.24, 2.45) is 0 Å². The Kier molecular flexibility index (Phi) is 4.16. The lowest BCUT2D eigenvalue weighted by molar-refractivity contribution is -0.122. The van der Waals surface area contributed by atoms with Crippen LogP contribution in [0.3, 0.4) is 0 Å². The number of hydrogen-bond donors (Lipinski definition) is 2. The first-order valence-corrected chi connectivity index (χ1v) is 7.26. The second-order valence-electron chi connectivity index (χ2n) is 5.02. The van der Waals surface area contributed by atoms with Crippen LogP contribution in [0.1, 0.15) is 28.5 Å². The Hall–Kier alpha value is -2.61. The zero-order chi connectivity index (χ0) is 16.4. The average molecular weight is 337 g/mol. The highest BCUT2D eigenvalue weighted by Crippen LogP contribution is 2.37. The molecule has 1 amide bonds. The predicted octanol–water partition coefficient (Wildman–Crippen LogP) is 1.27. The maximum Gasteiger partial charge on any atom is 0.358 e. The average Bonchev–Trinajstić information content (AvgIpc) is 2.97. The van der Waals surface area contributed by atoms with Crippen LogP contribution >= 0.6 is 11.6 Å². The van der Waals surface area contributed by atoms with E-state index in [0.29, 0.717) is 23.8 Å². The first kappa shape index (κ1) is 15.3. The van der Waals surface area contributed by atoms with Gasteiger partial charge in [0.05, 0.1) is 23.9 Å². The number of benzene rings is 1. The third kappa shape index (κ3) is 3.26. The molecular formula is C14H13ClN4O4. The molecule has 1 aliphatic heterocycles. The molecule has 1 aromatic carbocycles. The Labute approximate surface area is 136 Å². The Morgan fingerprint density at radius 1 is 1.48 bits per heavy atom. The number of ether oxygens (including phenoxy) is 1. The normalized spacial score (nSPS) is 16.3. The summed E-state index contributed by atoms with van der Waals surface area (Å²) >= 11 is 6.09. The summed E-state index contributed by atoms with van der Waals surface area (Å²) in [6.45, 7) is 0.335. The number of nitrogens with zero attached hydrogens (tertiary/aromatic N) is 3. The first-order chi connectivity index (χ1) is 11.0. The number of carboxylic acid groups (broad SMARTS) is 1. The number of nitrogens with one attached hydrogen (secondary N) is 1. The summed E-state index contributed by atoms with van der Waals surface area (Å²) < 4.78 is 6.72. The summed E-state index contributed by atoms with van der Waals surface area (Å²) in [5, 5.41) is 19.2. The summed E-state index contributed by atoms with van der Waals surface area (Å²) in [5.41, 5.74) is 0.614. The lowest BCUT2D eigenvalue weighted by Gasteiger charge is -2.27. The molecule has 2 heterocycles. The summed E-state index contributed by atoms with van der Waals surface area (Å²) in [4.78, 5) is 22.9. The molecule has 0 saturated heterocycles. The van der Waals surface area contributed by atoms with E-state index in [2.05, 4.69) is 15.6 Å². The van der Waals surface area contributed by atoms with E-state index in [9.17, 15) is 9.59 Å². The SMILES string of the molecule is O=C(Cn1cc(C(=O)O)nn1)N[C@@H]1CCOc2c(Cl)cccc21. The molecule has 0 radical (unpaired) electrons. The van der Waals surface area contributed by atoms with E-state index >= 15 is 0 Å². The smallest absolute Gasteiger partial charge is 0.358 e. The van der Waals surface area contributed by atoms with E-state index in [4.69, 9.17) is 21.4 Å². The van der Waals surface area contributed by atoms with Gasteiger partial charge in [-0.25, -0.2) is 9.48 Å². The van der Waals surface area contributed by atoms with Crippen LogP contribution in [0.15, 0.2) is 24.4 Å². The minimum atomic E-state index is -1.19. The van der Waals surface area contributed by atoms with Gasteiger partial charge >= 0.3 is 5.97 Å². The van der Waals surface area contributed by atoms with E-state index in [0.717, 1.165) is 5.56 Å². The van der Waals surface area contributed by atoms with Crippen LogP contribution < -0.4 is 10.1 Å². The van der Waals surface area contributed by atoms with Crippen molar-refractivity contribution in [1.29, 1.82) is 0 Å². The Morgan fingerprint density at radius 2 is 2.30 bits per heavy atom. The minimum absolute atomic E-state index is 0.118. The van der Waals surface area contributed by atoms with Crippen LogP contribution in [0, 0.1) is 0 Å². The van der Waals surface area contributed by atoms with Gasteiger partial charge in [0.1, 0.15) is 12.3 Å². The number of aromatic nitrogens is 3. The third-order valence-corrected chi connectivity index (χ3v) is 3.72. The van der Waals surface area contributed by atoms with Gasteiger partial charge in [0.2, 0.25) is 5.91 Å². The molecular weight excluding hydrogens is 324 g/mol. The van der Waals surface area contributed by atoms with Gasteiger partial charge in [0.25, 0.3) is 0 Å². The molecule has 2 N–H and O–H groups in total. The molecule has 0 fully saturated rings. The van der Waals surface area contributed by atoms with Crippen molar-refractivity contribution in [1.82, 2.24) is 20.3 Å². The molecule has 1 aliphatic rings. The monoisotopic (exact) mass is 336 g/mol. The summed E-state index contributed by atoms with van der Waals surface area (Å²) in [6.07, 6.45) is 1.83. The Bertz CT molecular complexity index is 761. The maximum absolute atomic E-state index is 12.1. The predicted molar refractivity (Wildman–Crippen MR) is 79.4 cm³/mol. The maximum atomic E-state index is 12.1. The van der Waals surface area contributed by atoms with Crippen molar-refractivity contribution in [2.75, 3.05) is 6.61 Å². The topological polar surface area (TPSA) is 106 Å². The number of carboxylic acids is 1. The van der Waals surface area contributed by atoms with Crippen LogP contribution in [0.25, 0.3) is 0 Å². The van der Waals surface area contributed by atoms with Crippen LogP contribution in [0.5, 0.6) is 5.75 Å². The molecule has 0 bridgehead atoms. The summed E-state index contributed by atoms with van der Waals surface area (Å²) in [5.74, 6) is -0.908. The molecule has 1 aromatic heterocycles. The van der Waals surface area contributed by atoms with Crippen molar-refractivity contribution in [3.8, 4) is 5.75 Å². The number of para-hydroxylation sites is 1. The van der Waals surface area contributed by atoms with E-state index in [1.54, 1.807) is 12.1 Å². The van der Waals surface area contributed by atoms with E-state index in [1.165, 1.54) is 10.9 Å². The van der Waals surface area contributed by atoms with Crippen LogP contribution in [-0.2, 0) is 11.3 Å². The highest BCUT2D eigenvalue weighted by atomic mass is 35.5. The number of carbonyl (C=O) groups is 2. The van der Waals surface area contributed by atoms with Crippen molar-refractivity contribution in [3.63, 3.8) is 0 Å². The first-order valence-electron chi connectivity index (χ1n) is 6.88. The van der Waals surface area contributed by atoms with Crippen molar-refractivity contribution in [2.45, 2.75) is 19.0 Å². The molecule has 0 saturated carbocycles. The van der Waals surface area contributed by atoms with Gasteiger partial charge in [-0.3, -0.25) is 4.79 Å². The number of fused-ring (bicyclic) bond motifs is 1. The van der Waals surface area contributed by atoms with Crippen molar-refractivity contribution >= 4 is 23.5 Å². The van der Waals surface area contributed by atoms with Crippen LogP contribution in [-0.4, -0.2) is 38.6 Å². The quantitative estimate of drug-likeness (QED) is 0.870. The number of halogens is 1. The fraction of sp³-hybridized carbons (Fsp3) is 0.286. The van der Waals surface area contributed by atoms with Gasteiger partial charge in [-0.1, -0.05) is 28.9 Å². The van der Waals surface area contributed by atoms with Crippen molar-refractivity contribution in [3.05, 3.63) is 40.7 Å². The van der Waals surface area contributed by atoms with Gasteiger partial charge in [0, 0.05) is 12.0 Å². The number of aromatic carboxylic acids is 1. The number of hydrogen-bond acceptors (Lipinski definition) is 5. The lowest BCUT2D eigenvalue weighted by atomic mass is 10.0. The molecule has 1 atom stereocenters. The van der Waals surface area contributed by atoms with E-state index < -0.39 is 5.97 Å². The largest absolute Gasteiger partial charge is 0.492 e. The molecule has 2 aromatic rings. The van der Waals surface area contributed by atoms with Gasteiger partial charge in [0.15, 0.2) is 5.69 Å². The molecule has 23 heavy (non-hydrogen) atoms. The molecule has 9 heteroatoms. The highest BCUT2D eigenvalue weighted by Gasteiger charge is 2.24. The van der Waals surface area contributed by atoms with Gasteiger partial charge in [-0.2, -0.15) is 0 Å². The molecule has 0 spiro atoms.